The summed E-state index contributed by atoms with van der Waals surface area (Å²) in [4.78, 5) is 34.7. The van der Waals surface area contributed by atoms with Crippen LogP contribution in [0, 0.1) is 6.92 Å². The first-order valence-electron chi connectivity index (χ1n) is 9.35. The summed E-state index contributed by atoms with van der Waals surface area (Å²) in [6, 6.07) is 9.37. The highest BCUT2D eigenvalue weighted by Gasteiger charge is 2.14. The van der Waals surface area contributed by atoms with E-state index >= 15 is 0 Å². The van der Waals surface area contributed by atoms with E-state index in [1.165, 1.54) is 17.1 Å². The minimum atomic E-state index is -0.270. The molecule has 2 N–H and O–H groups in total. The Morgan fingerprint density at radius 2 is 2.11 bits per heavy atom. The van der Waals surface area contributed by atoms with Crippen LogP contribution in [-0.2, 0) is 6.54 Å². The Kier molecular flexibility index (Phi) is 4.92. The summed E-state index contributed by atoms with van der Waals surface area (Å²) >= 11 is 0. The number of hydrogen-bond acceptors (Lipinski definition) is 6. The molecule has 1 aromatic carbocycles. The van der Waals surface area contributed by atoms with E-state index in [-0.39, 0.29) is 5.56 Å². The van der Waals surface area contributed by atoms with Crippen molar-refractivity contribution in [3.8, 4) is 0 Å². The van der Waals surface area contributed by atoms with Gasteiger partial charge in [0, 0.05) is 6.07 Å². The quantitative estimate of drug-likeness (QED) is 0.480. The van der Waals surface area contributed by atoms with Gasteiger partial charge in [-0.25, -0.2) is 15.0 Å². The van der Waals surface area contributed by atoms with Crippen LogP contribution in [0.5, 0.6) is 0 Å². The van der Waals surface area contributed by atoms with Gasteiger partial charge in [-0.05, 0) is 25.5 Å². The predicted octanol–water partition coefficient (Wildman–Crippen LogP) is 2.82. The minimum absolute atomic E-state index is 0.270. The Balaban J connectivity index is 1.68. The number of aryl methyl sites for hydroxylation is 1. The Labute approximate surface area is 161 Å². The molecular weight excluding hydrogens is 356 g/mol. The summed E-state index contributed by atoms with van der Waals surface area (Å²) in [7, 11) is 0. The van der Waals surface area contributed by atoms with E-state index in [4.69, 9.17) is 4.84 Å². The van der Waals surface area contributed by atoms with Gasteiger partial charge in [0.2, 0.25) is 0 Å². The predicted molar refractivity (Wildman–Crippen MR) is 108 cm³/mol. The molecule has 0 bridgehead atoms. The Bertz CT molecular complexity index is 1150. The van der Waals surface area contributed by atoms with E-state index < -0.39 is 0 Å². The molecule has 3 heterocycles. The molecule has 0 aliphatic carbocycles. The fourth-order valence-corrected chi connectivity index (χ4v) is 3.12. The SMILES string of the molecule is CCCCOn1c(=O)cc(NCc2nc3ccccc3[nH]2)c2c(C)ncnc21. The molecule has 144 valence electrons. The van der Waals surface area contributed by atoms with Gasteiger partial charge in [0.05, 0.1) is 34.3 Å². The zero-order valence-electron chi connectivity index (χ0n) is 15.9. The second kappa shape index (κ2) is 7.67. The molecule has 4 rings (SSSR count). The molecule has 0 fully saturated rings. The van der Waals surface area contributed by atoms with Crippen LogP contribution in [-0.4, -0.2) is 31.3 Å². The fraction of sp³-hybridized carbons (Fsp3) is 0.300. The van der Waals surface area contributed by atoms with Crippen molar-refractivity contribution in [2.24, 2.45) is 0 Å². The highest BCUT2D eigenvalue weighted by Crippen LogP contribution is 2.22. The molecule has 8 nitrogen and oxygen atoms in total. The summed E-state index contributed by atoms with van der Waals surface area (Å²) in [5.41, 5.74) is 3.50. The van der Waals surface area contributed by atoms with Crippen molar-refractivity contribution in [2.45, 2.75) is 33.2 Å². The summed E-state index contributed by atoms with van der Waals surface area (Å²) in [6.07, 6.45) is 3.29. The van der Waals surface area contributed by atoms with E-state index in [0.717, 1.165) is 40.8 Å². The molecule has 28 heavy (non-hydrogen) atoms. The van der Waals surface area contributed by atoms with Crippen molar-refractivity contribution >= 4 is 27.8 Å². The Morgan fingerprint density at radius 1 is 1.25 bits per heavy atom. The van der Waals surface area contributed by atoms with Crippen molar-refractivity contribution in [1.29, 1.82) is 0 Å². The minimum Gasteiger partial charge on any atom is -0.409 e. The number of benzene rings is 1. The zero-order valence-corrected chi connectivity index (χ0v) is 15.9. The van der Waals surface area contributed by atoms with Crippen LogP contribution in [0.2, 0.25) is 0 Å². The number of nitrogens with one attached hydrogen (secondary N) is 2. The fourth-order valence-electron chi connectivity index (χ4n) is 3.12. The Morgan fingerprint density at radius 3 is 2.93 bits per heavy atom. The monoisotopic (exact) mass is 378 g/mol. The molecule has 0 saturated carbocycles. The third-order valence-corrected chi connectivity index (χ3v) is 4.55. The first-order chi connectivity index (χ1) is 13.7. The van der Waals surface area contributed by atoms with E-state index in [2.05, 4.69) is 32.2 Å². The van der Waals surface area contributed by atoms with E-state index in [0.29, 0.717) is 24.5 Å². The van der Waals surface area contributed by atoms with Gasteiger partial charge in [0.15, 0.2) is 5.65 Å². The normalized spacial score (nSPS) is 11.2. The summed E-state index contributed by atoms with van der Waals surface area (Å²) in [5, 5.41) is 4.06. The lowest BCUT2D eigenvalue weighted by Crippen LogP contribution is -2.29. The maximum absolute atomic E-state index is 12.6. The summed E-state index contributed by atoms with van der Waals surface area (Å²) in [6.45, 7) is 4.86. The average molecular weight is 378 g/mol. The molecule has 0 saturated heterocycles. The maximum atomic E-state index is 12.6. The molecule has 0 unspecified atom stereocenters. The molecule has 0 aliphatic rings. The molecule has 0 spiro atoms. The molecule has 0 amide bonds. The third kappa shape index (κ3) is 3.40. The standard InChI is InChI=1S/C20H22N6O2/c1-3-4-9-28-26-18(27)10-16(19-13(2)22-12-23-20(19)26)21-11-17-24-14-7-5-6-8-15(14)25-17/h5-8,10,12,21H,3-4,9,11H2,1-2H3,(H,24,25). The first kappa shape index (κ1) is 18.0. The van der Waals surface area contributed by atoms with Crippen molar-refractivity contribution in [3.05, 3.63) is 58.5 Å². The van der Waals surface area contributed by atoms with Crippen LogP contribution in [0.25, 0.3) is 22.1 Å². The number of fused-ring (bicyclic) bond motifs is 2. The lowest BCUT2D eigenvalue weighted by atomic mass is 10.2. The third-order valence-electron chi connectivity index (χ3n) is 4.55. The number of H-pyrrole nitrogens is 1. The molecule has 0 radical (unpaired) electrons. The summed E-state index contributed by atoms with van der Waals surface area (Å²) < 4.78 is 1.26. The van der Waals surface area contributed by atoms with Crippen LogP contribution in [0.15, 0.2) is 41.5 Å². The van der Waals surface area contributed by atoms with Gasteiger partial charge in [-0.1, -0.05) is 25.5 Å². The topological polar surface area (TPSA) is 97.7 Å². The maximum Gasteiger partial charge on any atom is 0.287 e. The van der Waals surface area contributed by atoms with Crippen molar-refractivity contribution < 1.29 is 4.84 Å². The van der Waals surface area contributed by atoms with Crippen LogP contribution in [0.4, 0.5) is 5.69 Å². The van der Waals surface area contributed by atoms with Gasteiger partial charge in [0.1, 0.15) is 18.8 Å². The van der Waals surface area contributed by atoms with Gasteiger partial charge in [-0.2, -0.15) is 0 Å². The van der Waals surface area contributed by atoms with Gasteiger partial charge >= 0.3 is 0 Å². The largest absolute Gasteiger partial charge is 0.409 e. The number of hydrogen-bond donors (Lipinski definition) is 2. The van der Waals surface area contributed by atoms with Crippen LogP contribution >= 0.6 is 0 Å². The highest BCUT2D eigenvalue weighted by atomic mass is 16.7. The highest BCUT2D eigenvalue weighted by molar-refractivity contribution is 5.90. The number of nitrogens with zero attached hydrogens (tertiary/aromatic N) is 4. The number of unbranched alkanes of at least 4 members (excludes halogenated alkanes) is 1. The number of aromatic nitrogens is 5. The van der Waals surface area contributed by atoms with Gasteiger partial charge in [0.25, 0.3) is 5.56 Å². The number of aromatic amines is 1. The molecule has 8 heteroatoms. The number of anilines is 1. The number of para-hydroxylation sites is 2. The number of pyridine rings is 1. The first-order valence-corrected chi connectivity index (χ1v) is 9.35. The van der Waals surface area contributed by atoms with Gasteiger partial charge < -0.3 is 15.1 Å². The van der Waals surface area contributed by atoms with Crippen molar-refractivity contribution in [1.82, 2.24) is 24.7 Å². The smallest absolute Gasteiger partial charge is 0.287 e. The lowest BCUT2D eigenvalue weighted by molar-refractivity contribution is 0.108. The van der Waals surface area contributed by atoms with Crippen LogP contribution < -0.4 is 15.7 Å². The Hall–Kier alpha value is -3.42. The van der Waals surface area contributed by atoms with Gasteiger partial charge in [-0.15, -0.1) is 4.73 Å². The zero-order chi connectivity index (χ0) is 19.5. The molecule has 0 aliphatic heterocycles. The number of imidazole rings is 1. The summed E-state index contributed by atoms with van der Waals surface area (Å²) in [5.74, 6) is 0.784. The van der Waals surface area contributed by atoms with Gasteiger partial charge in [-0.3, -0.25) is 4.79 Å². The van der Waals surface area contributed by atoms with E-state index in [9.17, 15) is 4.79 Å². The molecule has 3 aromatic heterocycles. The molecule has 4 aromatic rings. The second-order valence-corrected chi connectivity index (χ2v) is 6.59. The van der Waals surface area contributed by atoms with E-state index in [1.54, 1.807) is 0 Å². The molecular formula is C20H22N6O2. The lowest BCUT2D eigenvalue weighted by Gasteiger charge is -2.14. The molecule has 0 atom stereocenters. The number of rotatable bonds is 7. The van der Waals surface area contributed by atoms with Crippen molar-refractivity contribution in [3.63, 3.8) is 0 Å². The van der Waals surface area contributed by atoms with E-state index in [1.807, 2.05) is 31.2 Å². The van der Waals surface area contributed by atoms with Crippen LogP contribution in [0.3, 0.4) is 0 Å². The second-order valence-electron chi connectivity index (χ2n) is 6.59. The van der Waals surface area contributed by atoms with Crippen molar-refractivity contribution in [2.75, 3.05) is 11.9 Å². The average Bonchev–Trinajstić information content (AvgIpc) is 3.11. The van der Waals surface area contributed by atoms with Crippen LogP contribution in [0.1, 0.15) is 31.3 Å².